The lowest BCUT2D eigenvalue weighted by atomic mass is 9.84. The number of hydrogen-bond acceptors (Lipinski definition) is 3. The van der Waals surface area contributed by atoms with Crippen molar-refractivity contribution in [2.75, 3.05) is 0 Å². The number of fused-ring (bicyclic) bond motifs is 1. The summed E-state index contributed by atoms with van der Waals surface area (Å²) in [6.07, 6.45) is 3.27. The largest absolute Gasteiger partial charge is 0.481 e. The van der Waals surface area contributed by atoms with Crippen LogP contribution in [0.5, 0.6) is 0 Å². The van der Waals surface area contributed by atoms with E-state index in [2.05, 4.69) is 5.10 Å². The zero-order valence-electron chi connectivity index (χ0n) is 17.9. The van der Waals surface area contributed by atoms with Gasteiger partial charge in [-0.25, -0.2) is 8.78 Å². The summed E-state index contributed by atoms with van der Waals surface area (Å²) < 4.78 is 33.8. The highest BCUT2D eigenvalue weighted by atomic mass is 35.5. The first-order valence-electron chi connectivity index (χ1n) is 9.98. The van der Waals surface area contributed by atoms with Gasteiger partial charge in [-0.1, -0.05) is 47.1 Å². The van der Waals surface area contributed by atoms with Gasteiger partial charge in [-0.3, -0.25) is 14.0 Å². The predicted octanol–water partition coefficient (Wildman–Crippen LogP) is 6.95. The zero-order chi connectivity index (χ0) is 24.1. The second kappa shape index (κ2) is 8.66. The van der Waals surface area contributed by atoms with Crippen molar-refractivity contribution in [3.63, 3.8) is 0 Å². The second-order valence-electron chi connectivity index (χ2n) is 7.92. The van der Waals surface area contributed by atoms with Gasteiger partial charge in [-0.15, -0.1) is 0 Å². The van der Waals surface area contributed by atoms with Crippen LogP contribution in [-0.4, -0.2) is 25.4 Å². The van der Waals surface area contributed by atoms with Crippen LogP contribution >= 0.6 is 35.0 Å². The molecule has 33 heavy (non-hydrogen) atoms. The monoisotopic (exact) mass is 509 g/mol. The standard InChI is InChI=1S/C23H19Cl2F2N3O2S/c1-4-29-11-12(10-28-29)30-19-13(8-9-15(24)18(19)27)20(21(30)25)33-16-7-5-6-14(17(16)26)23(2,3)22(31)32/h5-11H,4H2,1-3H3,(H,31,32). The maximum atomic E-state index is 15.4. The highest BCUT2D eigenvalue weighted by molar-refractivity contribution is 7.99. The van der Waals surface area contributed by atoms with Gasteiger partial charge in [0.25, 0.3) is 0 Å². The first-order chi connectivity index (χ1) is 15.6. The Morgan fingerprint density at radius 3 is 2.55 bits per heavy atom. The Morgan fingerprint density at radius 1 is 1.18 bits per heavy atom. The average Bonchev–Trinajstić information content (AvgIpc) is 3.35. The number of aryl methyl sites for hydroxylation is 1. The molecular formula is C23H19Cl2F2N3O2S. The van der Waals surface area contributed by atoms with E-state index < -0.39 is 23.0 Å². The summed E-state index contributed by atoms with van der Waals surface area (Å²) in [5.74, 6) is -2.48. The van der Waals surface area contributed by atoms with Crippen molar-refractivity contribution in [1.29, 1.82) is 0 Å². The summed E-state index contributed by atoms with van der Waals surface area (Å²) >= 11 is 13.8. The van der Waals surface area contributed by atoms with Gasteiger partial charge in [-0.05, 0) is 39.0 Å². The number of carboxylic acids is 1. The van der Waals surface area contributed by atoms with E-state index in [0.29, 0.717) is 22.5 Å². The molecule has 10 heteroatoms. The second-order valence-corrected chi connectivity index (χ2v) is 9.73. The van der Waals surface area contributed by atoms with E-state index >= 15 is 8.78 Å². The van der Waals surface area contributed by atoms with Gasteiger partial charge in [0.05, 0.1) is 32.7 Å². The Labute approximate surface area is 202 Å². The zero-order valence-corrected chi connectivity index (χ0v) is 20.2. The number of nitrogens with zero attached hydrogens (tertiary/aromatic N) is 3. The molecular weight excluding hydrogens is 491 g/mol. The highest BCUT2D eigenvalue weighted by Crippen LogP contribution is 2.45. The lowest BCUT2D eigenvalue weighted by Gasteiger charge is -2.21. The smallest absolute Gasteiger partial charge is 0.313 e. The Morgan fingerprint density at radius 2 is 1.91 bits per heavy atom. The fraction of sp³-hybridized carbons (Fsp3) is 0.217. The van der Waals surface area contributed by atoms with Gasteiger partial charge in [0.15, 0.2) is 5.82 Å². The molecule has 0 bridgehead atoms. The number of hydrogen-bond donors (Lipinski definition) is 1. The molecule has 4 rings (SSSR count). The van der Waals surface area contributed by atoms with E-state index in [4.69, 9.17) is 23.2 Å². The van der Waals surface area contributed by atoms with Gasteiger partial charge in [0, 0.05) is 28.6 Å². The van der Waals surface area contributed by atoms with E-state index in [1.54, 1.807) is 29.2 Å². The Kier molecular flexibility index (Phi) is 6.20. The minimum atomic E-state index is -1.44. The third-order valence-corrected chi connectivity index (χ3v) is 7.42. The maximum Gasteiger partial charge on any atom is 0.313 e. The van der Waals surface area contributed by atoms with E-state index in [1.165, 1.54) is 36.6 Å². The van der Waals surface area contributed by atoms with E-state index in [9.17, 15) is 9.90 Å². The topological polar surface area (TPSA) is 60.0 Å². The lowest BCUT2D eigenvalue weighted by molar-refractivity contribution is -0.142. The third kappa shape index (κ3) is 3.90. The third-order valence-electron chi connectivity index (χ3n) is 5.51. The van der Waals surface area contributed by atoms with Gasteiger partial charge in [0.2, 0.25) is 0 Å². The molecule has 2 aromatic carbocycles. The van der Waals surface area contributed by atoms with Crippen LogP contribution in [0.3, 0.4) is 0 Å². The summed E-state index contributed by atoms with van der Waals surface area (Å²) in [4.78, 5) is 12.3. The van der Waals surface area contributed by atoms with Crippen molar-refractivity contribution in [2.24, 2.45) is 0 Å². The number of rotatable bonds is 6. The Hall–Kier alpha value is -2.55. The molecule has 2 aromatic heterocycles. The molecule has 0 amide bonds. The Balaban J connectivity index is 1.93. The molecule has 0 aliphatic carbocycles. The summed E-state index contributed by atoms with van der Waals surface area (Å²) in [6.45, 7) is 5.39. The minimum Gasteiger partial charge on any atom is -0.481 e. The molecule has 0 radical (unpaired) electrons. The molecule has 4 aromatic rings. The highest BCUT2D eigenvalue weighted by Gasteiger charge is 2.33. The fourth-order valence-electron chi connectivity index (χ4n) is 3.53. The summed E-state index contributed by atoms with van der Waals surface area (Å²) in [6, 6.07) is 7.60. The maximum absolute atomic E-state index is 15.4. The summed E-state index contributed by atoms with van der Waals surface area (Å²) in [7, 11) is 0. The van der Waals surface area contributed by atoms with Crippen molar-refractivity contribution >= 4 is 51.8 Å². The predicted molar refractivity (Wildman–Crippen MR) is 126 cm³/mol. The molecule has 0 saturated heterocycles. The van der Waals surface area contributed by atoms with Crippen LogP contribution in [0.4, 0.5) is 8.78 Å². The van der Waals surface area contributed by atoms with Crippen LogP contribution in [0.15, 0.2) is 52.5 Å². The van der Waals surface area contributed by atoms with Crippen molar-refractivity contribution in [3.8, 4) is 5.69 Å². The van der Waals surface area contributed by atoms with Gasteiger partial charge in [-0.2, -0.15) is 5.10 Å². The van der Waals surface area contributed by atoms with Crippen LogP contribution < -0.4 is 0 Å². The van der Waals surface area contributed by atoms with Crippen molar-refractivity contribution in [2.45, 2.75) is 42.5 Å². The molecule has 0 aliphatic rings. The molecule has 0 fully saturated rings. The molecule has 1 N–H and O–H groups in total. The van der Waals surface area contributed by atoms with Gasteiger partial charge >= 0.3 is 5.97 Å². The number of carbonyl (C=O) groups is 1. The van der Waals surface area contributed by atoms with E-state index in [0.717, 1.165) is 11.8 Å². The molecule has 0 unspecified atom stereocenters. The van der Waals surface area contributed by atoms with Crippen LogP contribution in [0.1, 0.15) is 26.3 Å². The molecule has 0 aliphatic heterocycles. The van der Waals surface area contributed by atoms with Crippen LogP contribution in [-0.2, 0) is 16.8 Å². The van der Waals surface area contributed by atoms with Crippen molar-refractivity contribution < 1.29 is 18.7 Å². The van der Waals surface area contributed by atoms with E-state index in [-0.39, 0.29) is 26.2 Å². The number of aliphatic carboxylic acids is 1. The molecule has 5 nitrogen and oxygen atoms in total. The number of benzene rings is 2. The summed E-state index contributed by atoms with van der Waals surface area (Å²) in [5, 5.41) is 14.3. The molecule has 0 atom stereocenters. The molecule has 0 saturated carbocycles. The molecule has 0 spiro atoms. The molecule has 2 heterocycles. The van der Waals surface area contributed by atoms with Crippen LogP contribution in [0.2, 0.25) is 10.2 Å². The summed E-state index contributed by atoms with van der Waals surface area (Å²) in [5.41, 5.74) is -0.722. The van der Waals surface area contributed by atoms with Crippen LogP contribution in [0.25, 0.3) is 16.6 Å². The van der Waals surface area contributed by atoms with Crippen LogP contribution in [0, 0.1) is 11.6 Å². The molecule has 172 valence electrons. The first-order valence-corrected chi connectivity index (χ1v) is 11.6. The lowest BCUT2D eigenvalue weighted by Crippen LogP contribution is -2.29. The minimum absolute atomic E-state index is 0.0401. The van der Waals surface area contributed by atoms with Gasteiger partial charge < -0.3 is 5.11 Å². The quantitative estimate of drug-likeness (QED) is 0.305. The number of halogens is 4. The Bertz CT molecular complexity index is 1400. The first kappa shape index (κ1) is 23.6. The number of aromatic nitrogens is 3. The van der Waals surface area contributed by atoms with Crippen molar-refractivity contribution in [3.05, 3.63) is 70.1 Å². The van der Waals surface area contributed by atoms with Gasteiger partial charge in [0.1, 0.15) is 11.0 Å². The van der Waals surface area contributed by atoms with Crippen molar-refractivity contribution in [1.82, 2.24) is 14.3 Å². The number of carboxylic acid groups (broad SMARTS) is 1. The normalized spacial score (nSPS) is 12.0. The average molecular weight is 510 g/mol. The van der Waals surface area contributed by atoms with E-state index in [1.807, 2.05) is 6.92 Å². The fourth-order valence-corrected chi connectivity index (χ4v) is 5.10. The SMILES string of the molecule is CCn1cc(-n2c(Cl)c(Sc3cccc(C(C)(C)C(=O)O)c3F)c3ccc(Cl)c(F)c32)cn1.